The van der Waals surface area contributed by atoms with Gasteiger partial charge in [0, 0.05) is 18.2 Å². The Bertz CT molecular complexity index is 827. The van der Waals surface area contributed by atoms with E-state index >= 15 is 0 Å². The molecule has 0 spiro atoms. The van der Waals surface area contributed by atoms with Crippen molar-refractivity contribution in [3.63, 3.8) is 0 Å². The van der Waals surface area contributed by atoms with Gasteiger partial charge in [0.2, 0.25) is 0 Å². The first kappa shape index (κ1) is 21.7. The lowest BCUT2D eigenvalue weighted by Gasteiger charge is -2.15. The third-order valence-corrected chi connectivity index (χ3v) is 4.92. The number of benzene rings is 1. The van der Waals surface area contributed by atoms with Gasteiger partial charge >= 0.3 is 5.97 Å². The number of pyridine rings is 1. The van der Waals surface area contributed by atoms with Crippen LogP contribution in [0.4, 0.5) is 0 Å². The number of hydrogen-bond donors (Lipinski definition) is 2. The molecule has 28 heavy (non-hydrogen) atoms. The molecule has 0 unspecified atom stereocenters. The number of carbonyl (C=O) groups is 1. The van der Waals surface area contributed by atoms with E-state index in [1.165, 1.54) is 22.3 Å². The molecule has 1 aromatic carbocycles. The summed E-state index contributed by atoms with van der Waals surface area (Å²) in [7, 11) is 0. The predicted octanol–water partition coefficient (Wildman–Crippen LogP) is 5.52. The summed E-state index contributed by atoms with van der Waals surface area (Å²) in [5, 5.41) is 8.71. The number of carboxylic acids is 1. The second-order valence-corrected chi connectivity index (χ2v) is 7.48. The Kier molecular flexibility index (Phi) is 8.24. The number of hydrogen-bond acceptors (Lipinski definition) is 3. The van der Waals surface area contributed by atoms with Crippen molar-refractivity contribution >= 4 is 11.7 Å². The standard InChI is InChI=1S/C24H32N2O2/c1-4-9-20-14-17(2)12-13-21(20)22-15-19(16-26-24(22)18(3)25)10-7-5-6-8-11-23(27)28/h12-16H,3-11,25H2,1-2H3,(H,27,28). The number of aliphatic carboxylic acids is 1. The summed E-state index contributed by atoms with van der Waals surface area (Å²) in [6, 6.07) is 8.74. The number of aromatic nitrogens is 1. The first-order chi connectivity index (χ1) is 13.4. The highest BCUT2D eigenvalue weighted by atomic mass is 16.4. The SMILES string of the molecule is C=C(N)c1ncc(CCCCCCC(=O)O)cc1-c1ccc(C)cc1CCC. The molecule has 1 heterocycles. The van der Waals surface area contributed by atoms with Crippen LogP contribution in [0.25, 0.3) is 16.8 Å². The molecule has 0 bridgehead atoms. The van der Waals surface area contributed by atoms with Crippen LogP contribution < -0.4 is 5.73 Å². The number of rotatable bonds is 11. The number of unbranched alkanes of at least 4 members (excludes halogenated alkanes) is 3. The largest absolute Gasteiger partial charge is 0.481 e. The summed E-state index contributed by atoms with van der Waals surface area (Å²) in [6.07, 6.45) is 8.92. The Labute approximate surface area is 168 Å². The van der Waals surface area contributed by atoms with Gasteiger partial charge in [0.1, 0.15) is 0 Å². The lowest BCUT2D eigenvalue weighted by atomic mass is 9.92. The van der Waals surface area contributed by atoms with Crippen LogP contribution in [0.5, 0.6) is 0 Å². The molecule has 0 aliphatic carbocycles. The van der Waals surface area contributed by atoms with E-state index in [9.17, 15) is 4.79 Å². The van der Waals surface area contributed by atoms with Gasteiger partial charge in [0.25, 0.3) is 0 Å². The Morgan fingerprint density at radius 3 is 2.54 bits per heavy atom. The molecular weight excluding hydrogens is 348 g/mol. The molecular formula is C24H32N2O2. The van der Waals surface area contributed by atoms with Gasteiger partial charge in [-0.1, -0.05) is 56.5 Å². The molecule has 0 saturated heterocycles. The van der Waals surface area contributed by atoms with E-state index in [1.54, 1.807) is 0 Å². The Balaban J connectivity index is 2.20. The van der Waals surface area contributed by atoms with Gasteiger partial charge < -0.3 is 10.8 Å². The molecule has 1 aromatic heterocycles. The Morgan fingerprint density at radius 2 is 1.86 bits per heavy atom. The maximum Gasteiger partial charge on any atom is 0.303 e. The Morgan fingerprint density at radius 1 is 1.11 bits per heavy atom. The van der Waals surface area contributed by atoms with E-state index in [2.05, 4.69) is 49.7 Å². The molecule has 150 valence electrons. The predicted molar refractivity (Wildman–Crippen MR) is 116 cm³/mol. The van der Waals surface area contributed by atoms with Crippen molar-refractivity contribution in [2.24, 2.45) is 5.73 Å². The van der Waals surface area contributed by atoms with E-state index in [0.717, 1.165) is 56.2 Å². The van der Waals surface area contributed by atoms with Gasteiger partial charge in [-0.25, -0.2) is 0 Å². The molecule has 0 atom stereocenters. The topological polar surface area (TPSA) is 76.2 Å². The molecule has 4 heteroatoms. The minimum Gasteiger partial charge on any atom is -0.481 e. The first-order valence-corrected chi connectivity index (χ1v) is 10.2. The third-order valence-electron chi connectivity index (χ3n) is 4.92. The zero-order valence-electron chi connectivity index (χ0n) is 17.1. The summed E-state index contributed by atoms with van der Waals surface area (Å²) in [4.78, 5) is 15.2. The van der Waals surface area contributed by atoms with Gasteiger partial charge in [-0.05, 0) is 55.4 Å². The number of aryl methyl sites for hydroxylation is 3. The lowest BCUT2D eigenvalue weighted by molar-refractivity contribution is -0.137. The van der Waals surface area contributed by atoms with Crippen LogP contribution >= 0.6 is 0 Å². The monoisotopic (exact) mass is 380 g/mol. The molecule has 0 radical (unpaired) electrons. The van der Waals surface area contributed by atoms with Crippen molar-refractivity contribution in [3.8, 4) is 11.1 Å². The molecule has 4 nitrogen and oxygen atoms in total. The minimum absolute atomic E-state index is 0.257. The van der Waals surface area contributed by atoms with Crippen molar-refractivity contribution in [1.29, 1.82) is 0 Å². The second-order valence-electron chi connectivity index (χ2n) is 7.48. The molecule has 2 aromatic rings. The maximum absolute atomic E-state index is 10.6. The van der Waals surface area contributed by atoms with Crippen molar-refractivity contribution in [2.75, 3.05) is 0 Å². The molecule has 3 N–H and O–H groups in total. The van der Waals surface area contributed by atoms with Crippen molar-refractivity contribution < 1.29 is 9.90 Å². The van der Waals surface area contributed by atoms with Crippen LogP contribution in [0.15, 0.2) is 37.0 Å². The zero-order valence-corrected chi connectivity index (χ0v) is 17.1. The molecule has 0 aliphatic heterocycles. The highest BCUT2D eigenvalue weighted by molar-refractivity contribution is 5.79. The fraction of sp³-hybridized carbons (Fsp3) is 0.417. The highest BCUT2D eigenvalue weighted by Crippen LogP contribution is 2.31. The molecule has 0 saturated carbocycles. The molecule has 2 rings (SSSR count). The van der Waals surface area contributed by atoms with Crippen LogP contribution in [0.2, 0.25) is 0 Å². The molecule has 0 aliphatic rings. The summed E-state index contributed by atoms with van der Waals surface area (Å²) in [5.41, 5.74) is 13.3. The smallest absolute Gasteiger partial charge is 0.303 e. The quantitative estimate of drug-likeness (QED) is 0.504. The van der Waals surface area contributed by atoms with Gasteiger partial charge in [0.05, 0.1) is 11.4 Å². The summed E-state index contributed by atoms with van der Waals surface area (Å²) < 4.78 is 0. The van der Waals surface area contributed by atoms with Crippen LogP contribution in [0.3, 0.4) is 0 Å². The van der Waals surface area contributed by atoms with E-state index < -0.39 is 5.97 Å². The lowest BCUT2D eigenvalue weighted by Crippen LogP contribution is -2.03. The van der Waals surface area contributed by atoms with Crippen LogP contribution in [0, 0.1) is 6.92 Å². The summed E-state index contributed by atoms with van der Waals surface area (Å²) >= 11 is 0. The van der Waals surface area contributed by atoms with E-state index in [1.807, 2.05) is 6.20 Å². The van der Waals surface area contributed by atoms with Gasteiger partial charge in [-0.3, -0.25) is 9.78 Å². The summed E-state index contributed by atoms with van der Waals surface area (Å²) in [6.45, 7) is 8.22. The minimum atomic E-state index is -0.715. The fourth-order valence-corrected chi connectivity index (χ4v) is 3.53. The van der Waals surface area contributed by atoms with Gasteiger partial charge in [-0.15, -0.1) is 0 Å². The fourth-order valence-electron chi connectivity index (χ4n) is 3.53. The average Bonchev–Trinajstić information content (AvgIpc) is 2.64. The van der Waals surface area contributed by atoms with Crippen molar-refractivity contribution in [3.05, 3.63) is 59.4 Å². The van der Waals surface area contributed by atoms with E-state index in [0.29, 0.717) is 5.70 Å². The molecule has 0 fully saturated rings. The van der Waals surface area contributed by atoms with E-state index in [4.69, 9.17) is 10.8 Å². The number of carboxylic acid groups (broad SMARTS) is 1. The Hall–Kier alpha value is -2.62. The van der Waals surface area contributed by atoms with Crippen LogP contribution in [-0.4, -0.2) is 16.1 Å². The number of nitrogens with zero attached hydrogens (tertiary/aromatic N) is 1. The first-order valence-electron chi connectivity index (χ1n) is 10.2. The summed E-state index contributed by atoms with van der Waals surface area (Å²) in [5.74, 6) is -0.715. The van der Waals surface area contributed by atoms with Crippen LogP contribution in [0.1, 0.15) is 67.8 Å². The number of nitrogens with two attached hydrogens (primary N) is 1. The average molecular weight is 381 g/mol. The normalized spacial score (nSPS) is 10.8. The third kappa shape index (κ3) is 6.22. The maximum atomic E-state index is 10.6. The van der Waals surface area contributed by atoms with Gasteiger partial charge in [0.15, 0.2) is 0 Å². The van der Waals surface area contributed by atoms with E-state index in [-0.39, 0.29) is 6.42 Å². The second kappa shape index (κ2) is 10.6. The molecule has 0 amide bonds. The van der Waals surface area contributed by atoms with Crippen molar-refractivity contribution in [2.45, 2.75) is 65.2 Å². The zero-order chi connectivity index (χ0) is 20.5. The highest BCUT2D eigenvalue weighted by Gasteiger charge is 2.13. The van der Waals surface area contributed by atoms with Crippen molar-refractivity contribution in [1.82, 2.24) is 4.98 Å². The van der Waals surface area contributed by atoms with Crippen LogP contribution in [-0.2, 0) is 17.6 Å². The van der Waals surface area contributed by atoms with Gasteiger partial charge in [-0.2, -0.15) is 0 Å².